The summed E-state index contributed by atoms with van der Waals surface area (Å²) < 4.78 is 27.4. The number of sulfonamides is 1. The fourth-order valence-corrected chi connectivity index (χ4v) is 6.08. The molecule has 170 valence electrons. The van der Waals surface area contributed by atoms with Crippen LogP contribution in [0.5, 0.6) is 0 Å². The predicted molar refractivity (Wildman–Crippen MR) is 122 cm³/mol. The third-order valence-corrected chi connectivity index (χ3v) is 8.24. The summed E-state index contributed by atoms with van der Waals surface area (Å²) in [5.41, 5.74) is 3.06. The molecule has 0 radical (unpaired) electrons. The number of fused-ring (bicyclic) bond motifs is 1. The molecule has 0 bridgehead atoms. The molecule has 0 aromatic heterocycles. The number of aryl methyl sites for hydroxylation is 1. The van der Waals surface area contributed by atoms with Crippen LogP contribution in [0.1, 0.15) is 49.8 Å². The van der Waals surface area contributed by atoms with Gasteiger partial charge in [-0.05, 0) is 67.5 Å². The molecule has 32 heavy (non-hydrogen) atoms. The largest absolute Gasteiger partial charge is 0.349 e. The molecule has 1 fully saturated rings. The standard InChI is InChI=1S/C24H29N3O4S/c1-17(28)25-20-9-11-21(12-10-20)32(30,31)27-15-13-19(14-16-27)24(29)26-23-8-4-6-18-5-2-3-7-22(18)23/h2-3,5,7,9-12,19,23H,4,6,8,13-16H2,1H3,(H,25,28)(H,26,29)/t23-/m0/s1. The average molecular weight is 456 g/mol. The van der Waals surface area contributed by atoms with E-state index in [1.165, 1.54) is 34.5 Å². The van der Waals surface area contributed by atoms with Crippen molar-refractivity contribution in [3.8, 4) is 0 Å². The van der Waals surface area contributed by atoms with Crippen LogP contribution in [0.4, 0.5) is 5.69 Å². The Morgan fingerprint density at radius 1 is 0.969 bits per heavy atom. The van der Waals surface area contributed by atoms with Crippen molar-refractivity contribution in [3.05, 3.63) is 59.7 Å². The predicted octanol–water partition coefficient (Wildman–Crippen LogP) is 3.24. The Bertz CT molecular complexity index is 1090. The van der Waals surface area contributed by atoms with Crippen molar-refractivity contribution in [2.24, 2.45) is 5.92 Å². The van der Waals surface area contributed by atoms with Gasteiger partial charge in [0.15, 0.2) is 0 Å². The Morgan fingerprint density at radius 3 is 2.34 bits per heavy atom. The molecular weight excluding hydrogens is 426 g/mol. The van der Waals surface area contributed by atoms with E-state index >= 15 is 0 Å². The number of benzene rings is 2. The second kappa shape index (κ2) is 9.42. The molecule has 1 atom stereocenters. The number of rotatable bonds is 5. The minimum absolute atomic E-state index is 0.0170. The highest BCUT2D eigenvalue weighted by atomic mass is 32.2. The van der Waals surface area contributed by atoms with Crippen molar-refractivity contribution in [1.29, 1.82) is 0 Å². The molecule has 8 heteroatoms. The molecule has 0 unspecified atom stereocenters. The van der Waals surface area contributed by atoms with E-state index in [4.69, 9.17) is 0 Å². The number of carbonyl (C=O) groups is 2. The lowest BCUT2D eigenvalue weighted by molar-refractivity contribution is -0.127. The lowest BCUT2D eigenvalue weighted by atomic mass is 9.87. The van der Waals surface area contributed by atoms with E-state index in [2.05, 4.69) is 22.8 Å². The van der Waals surface area contributed by atoms with Crippen LogP contribution in [-0.2, 0) is 26.0 Å². The number of hydrogen-bond acceptors (Lipinski definition) is 4. The Hall–Kier alpha value is -2.71. The Morgan fingerprint density at radius 2 is 1.66 bits per heavy atom. The van der Waals surface area contributed by atoms with Gasteiger partial charge in [0.1, 0.15) is 0 Å². The summed E-state index contributed by atoms with van der Waals surface area (Å²) in [7, 11) is -3.63. The van der Waals surface area contributed by atoms with Crippen LogP contribution < -0.4 is 10.6 Å². The zero-order valence-corrected chi connectivity index (χ0v) is 19.0. The van der Waals surface area contributed by atoms with Crippen molar-refractivity contribution < 1.29 is 18.0 Å². The maximum Gasteiger partial charge on any atom is 0.243 e. The summed E-state index contributed by atoms with van der Waals surface area (Å²) in [6.45, 7) is 2.03. The minimum Gasteiger partial charge on any atom is -0.349 e. The van der Waals surface area contributed by atoms with E-state index in [1.54, 1.807) is 12.1 Å². The van der Waals surface area contributed by atoms with E-state index in [1.807, 2.05) is 12.1 Å². The average Bonchev–Trinajstić information content (AvgIpc) is 2.79. The summed E-state index contributed by atoms with van der Waals surface area (Å²) in [4.78, 5) is 24.2. The van der Waals surface area contributed by atoms with Crippen molar-refractivity contribution in [2.75, 3.05) is 18.4 Å². The minimum atomic E-state index is -3.63. The van der Waals surface area contributed by atoms with Gasteiger partial charge in [0.25, 0.3) is 0 Å². The Kier molecular flexibility index (Phi) is 6.62. The number of piperidine rings is 1. The van der Waals surface area contributed by atoms with Crippen LogP contribution in [0.15, 0.2) is 53.4 Å². The fourth-order valence-electron chi connectivity index (χ4n) is 4.61. The van der Waals surface area contributed by atoms with E-state index in [-0.39, 0.29) is 28.7 Å². The maximum absolute atomic E-state index is 13.0. The second-order valence-electron chi connectivity index (χ2n) is 8.54. The smallest absolute Gasteiger partial charge is 0.243 e. The van der Waals surface area contributed by atoms with Gasteiger partial charge < -0.3 is 10.6 Å². The summed E-state index contributed by atoms with van der Waals surface area (Å²) in [6.07, 6.45) is 4.04. The topological polar surface area (TPSA) is 95.6 Å². The van der Waals surface area contributed by atoms with Gasteiger partial charge in [-0.25, -0.2) is 8.42 Å². The highest BCUT2D eigenvalue weighted by molar-refractivity contribution is 7.89. The molecule has 2 amide bonds. The quantitative estimate of drug-likeness (QED) is 0.724. The molecule has 2 aromatic carbocycles. The van der Waals surface area contributed by atoms with Crippen molar-refractivity contribution in [2.45, 2.75) is 50.0 Å². The molecule has 1 aliphatic carbocycles. The lowest BCUT2D eigenvalue weighted by Crippen LogP contribution is -2.44. The Labute approximate surface area is 189 Å². The van der Waals surface area contributed by atoms with Crippen LogP contribution in [-0.4, -0.2) is 37.6 Å². The van der Waals surface area contributed by atoms with Crippen LogP contribution >= 0.6 is 0 Å². The Balaban J connectivity index is 1.35. The number of nitrogens with zero attached hydrogens (tertiary/aromatic N) is 1. The lowest BCUT2D eigenvalue weighted by Gasteiger charge is -2.32. The maximum atomic E-state index is 13.0. The molecule has 2 N–H and O–H groups in total. The van der Waals surface area contributed by atoms with Crippen LogP contribution in [0.25, 0.3) is 0 Å². The molecule has 2 aliphatic rings. The van der Waals surface area contributed by atoms with Crippen LogP contribution in [0, 0.1) is 5.92 Å². The third-order valence-electron chi connectivity index (χ3n) is 6.32. The van der Waals surface area contributed by atoms with Gasteiger partial charge in [0.2, 0.25) is 21.8 Å². The van der Waals surface area contributed by atoms with Gasteiger partial charge in [-0.3, -0.25) is 9.59 Å². The number of nitrogens with one attached hydrogen (secondary N) is 2. The van der Waals surface area contributed by atoms with Gasteiger partial charge in [-0.15, -0.1) is 0 Å². The monoisotopic (exact) mass is 455 g/mol. The van der Waals surface area contributed by atoms with Gasteiger partial charge in [-0.1, -0.05) is 24.3 Å². The molecule has 0 saturated carbocycles. The van der Waals surface area contributed by atoms with E-state index in [0.29, 0.717) is 31.6 Å². The van der Waals surface area contributed by atoms with E-state index < -0.39 is 10.0 Å². The van der Waals surface area contributed by atoms with E-state index in [9.17, 15) is 18.0 Å². The zero-order chi connectivity index (χ0) is 22.7. The van der Waals surface area contributed by atoms with Gasteiger partial charge in [0, 0.05) is 31.6 Å². The van der Waals surface area contributed by atoms with Gasteiger partial charge in [-0.2, -0.15) is 4.31 Å². The first-order valence-corrected chi connectivity index (χ1v) is 12.5. The highest BCUT2D eigenvalue weighted by Crippen LogP contribution is 2.31. The zero-order valence-electron chi connectivity index (χ0n) is 18.2. The molecule has 1 aliphatic heterocycles. The van der Waals surface area contributed by atoms with Gasteiger partial charge >= 0.3 is 0 Å². The first kappa shape index (κ1) is 22.5. The number of hydrogen-bond donors (Lipinski definition) is 2. The van der Waals surface area contributed by atoms with Crippen molar-refractivity contribution >= 4 is 27.5 Å². The van der Waals surface area contributed by atoms with Gasteiger partial charge in [0.05, 0.1) is 10.9 Å². The van der Waals surface area contributed by atoms with Crippen molar-refractivity contribution in [3.63, 3.8) is 0 Å². The first-order chi connectivity index (χ1) is 15.3. The molecule has 0 spiro atoms. The first-order valence-electron chi connectivity index (χ1n) is 11.1. The highest BCUT2D eigenvalue weighted by Gasteiger charge is 2.33. The van der Waals surface area contributed by atoms with E-state index in [0.717, 1.165) is 19.3 Å². The second-order valence-corrected chi connectivity index (χ2v) is 10.5. The van der Waals surface area contributed by atoms with Crippen LogP contribution in [0.3, 0.4) is 0 Å². The summed E-state index contributed by atoms with van der Waals surface area (Å²) in [5, 5.41) is 5.84. The normalized spacial score (nSPS) is 19.7. The number of carbonyl (C=O) groups excluding carboxylic acids is 2. The third kappa shape index (κ3) is 4.86. The number of anilines is 1. The molecular formula is C24H29N3O4S. The summed E-state index contributed by atoms with van der Waals surface area (Å²) >= 11 is 0. The molecule has 2 aromatic rings. The molecule has 4 rings (SSSR count). The number of amides is 2. The molecule has 7 nitrogen and oxygen atoms in total. The molecule has 1 heterocycles. The summed E-state index contributed by atoms with van der Waals surface area (Å²) in [5.74, 6) is -0.376. The summed E-state index contributed by atoms with van der Waals surface area (Å²) in [6, 6.07) is 14.5. The SMILES string of the molecule is CC(=O)Nc1ccc(S(=O)(=O)N2CCC(C(=O)N[C@H]3CCCc4ccccc43)CC2)cc1. The fraction of sp³-hybridized carbons (Fsp3) is 0.417. The van der Waals surface area contributed by atoms with Crippen LogP contribution in [0.2, 0.25) is 0 Å². The van der Waals surface area contributed by atoms with Crippen molar-refractivity contribution in [1.82, 2.24) is 9.62 Å². The molecule has 1 saturated heterocycles.